The molecule has 114 valence electrons. The SMILES string of the molecule is Cc1cccc(CN2CCN(C(=O)c3ccccn3)CC2)c1. The molecule has 0 N–H and O–H groups in total. The van der Waals surface area contributed by atoms with Crippen molar-refractivity contribution >= 4 is 5.91 Å². The number of hydrogen-bond acceptors (Lipinski definition) is 3. The fourth-order valence-corrected chi connectivity index (χ4v) is 2.83. The van der Waals surface area contributed by atoms with Crippen LogP contribution in [0.3, 0.4) is 0 Å². The standard InChI is InChI=1S/C18H21N3O/c1-15-5-4-6-16(13-15)14-20-9-11-21(12-10-20)18(22)17-7-2-3-8-19-17/h2-8,13H,9-12,14H2,1H3. The number of amides is 1. The van der Waals surface area contributed by atoms with E-state index in [-0.39, 0.29) is 5.91 Å². The van der Waals surface area contributed by atoms with Crippen molar-refractivity contribution in [3.05, 3.63) is 65.5 Å². The van der Waals surface area contributed by atoms with Crippen LogP contribution in [0.1, 0.15) is 21.6 Å². The quantitative estimate of drug-likeness (QED) is 0.872. The summed E-state index contributed by atoms with van der Waals surface area (Å²) >= 11 is 0. The van der Waals surface area contributed by atoms with Gasteiger partial charge in [0, 0.05) is 38.9 Å². The molecule has 1 saturated heterocycles. The van der Waals surface area contributed by atoms with Gasteiger partial charge in [-0.15, -0.1) is 0 Å². The fourth-order valence-electron chi connectivity index (χ4n) is 2.83. The van der Waals surface area contributed by atoms with Crippen LogP contribution in [0.5, 0.6) is 0 Å². The minimum atomic E-state index is 0.0378. The third kappa shape index (κ3) is 3.52. The van der Waals surface area contributed by atoms with Gasteiger partial charge in [0.2, 0.25) is 0 Å². The Morgan fingerprint density at radius 2 is 1.91 bits per heavy atom. The summed E-state index contributed by atoms with van der Waals surface area (Å²) in [7, 11) is 0. The molecular formula is C18H21N3O. The minimum absolute atomic E-state index is 0.0378. The lowest BCUT2D eigenvalue weighted by Crippen LogP contribution is -2.48. The number of pyridine rings is 1. The first kappa shape index (κ1) is 14.7. The maximum absolute atomic E-state index is 12.4. The second kappa shape index (κ2) is 6.71. The molecule has 0 bridgehead atoms. The van der Waals surface area contributed by atoms with Crippen molar-refractivity contribution < 1.29 is 4.79 Å². The molecule has 0 saturated carbocycles. The highest BCUT2D eigenvalue weighted by atomic mass is 16.2. The second-order valence-electron chi connectivity index (χ2n) is 5.77. The van der Waals surface area contributed by atoms with Crippen LogP contribution in [0.25, 0.3) is 0 Å². The lowest BCUT2D eigenvalue weighted by atomic mass is 10.1. The number of aromatic nitrogens is 1. The van der Waals surface area contributed by atoms with Crippen LogP contribution in [0.4, 0.5) is 0 Å². The summed E-state index contributed by atoms with van der Waals surface area (Å²) in [6.07, 6.45) is 1.67. The Bertz CT molecular complexity index is 634. The van der Waals surface area contributed by atoms with E-state index in [0.717, 1.165) is 32.7 Å². The summed E-state index contributed by atoms with van der Waals surface area (Å²) in [4.78, 5) is 20.8. The number of carbonyl (C=O) groups is 1. The van der Waals surface area contributed by atoms with E-state index in [2.05, 4.69) is 41.1 Å². The Balaban J connectivity index is 1.55. The number of aryl methyl sites for hydroxylation is 1. The zero-order chi connectivity index (χ0) is 15.4. The Morgan fingerprint density at radius 1 is 1.09 bits per heavy atom. The normalized spacial score (nSPS) is 15.8. The molecule has 0 atom stereocenters. The van der Waals surface area contributed by atoms with E-state index >= 15 is 0 Å². The Labute approximate surface area is 131 Å². The van der Waals surface area contributed by atoms with E-state index in [0.29, 0.717) is 5.69 Å². The molecule has 0 unspecified atom stereocenters. The van der Waals surface area contributed by atoms with Crippen molar-refractivity contribution in [3.63, 3.8) is 0 Å². The maximum Gasteiger partial charge on any atom is 0.272 e. The van der Waals surface area contributed by atoms with Crippen LogP contribution in [-0.2, 0) is 6.54 Å². The number of hydrogen-bond donors (Lipinski definition) is 0. The van der Waals surface area contributed by atoms with Crippen molar-refractivity contribution in [3.8, 4) is 0 Å². The molecule has 4 nitrogen and oxygen atoms in total. The highest BCUT2D eigenvalue weighted by Gasteiger charge is 2.22. The molecule has 1 amide bonds. The van der Waals surface area contributed by atoms with E-state index in [4.69, 9.17) is 0 Å². The van der Waals surface area contributed by atoms with Gasteiger partial charge in [0.05, 0.1) is 0 Å². The topological polar surface area (TPSA) is 36.4 Å². The smallest absolute Gasteiger partial charge is 0.272 e. The van der Waals surface area contributed by atoms with Crippen LogP contribution >= 0.6 is 0 Å². The molecule has 3 rings (SSSR count). The van der Waals surface area contributed by atoms with E-state index in [1.165, 1.54) is 11.1 Å². The number of benzene rings is 1. The van der Waals surface area contributed by atoms with E-state index in [1.54, 1.807) is 12.3 Å². The maximum atomic E-state index is 12.4. The number of piperazine rings is 1. The highest BCUT2D eigenvalue weighted by Crippen LogP contribution is 2.11. The van der Waals surface area contributed by atoms with Gasteiger partial charge in [-0.2, -0.15) is 0 Å². The van der Waals surface area contributed by atoms with Gasteiger partial charge in [0.15, 0.2) is 0 Å². The predicted molar refractivity (Wildman–Crippen MR) is 86.6 cm³/mol. The van der Waals surface area contributed by atoms with Gasteiger partial charge in [-0.3, -0.25) is 14.7 Å². The molecule has 0 radical (unpaired) electrons. The number of carbonyl (C=O) groups excluding carboxylic acids is 1. The van der Waals surface area contributed by atoms with E-state index < -0.39 is 0 Å². The fraction of sp³-hybridized carbons (Fsp3) is 0.333. The monoisotopic (exact) mass is 295 g/mol. The minimum Gasteiger partial charge on any atom is -0.335 e. The zero-order valence-electron chi connectivity index (χ0n) is 12.9. The van der Waals surface area contributed by atoms with Gasteiger partial charge in [0.25, 0.3) is 5.91 Å². The van der Waals surface area contributed by atoms with Crippen LogP contribution in [0.2, 0.25) is 0 Å². The van der Waals surface area contributed by atoms with Crippen LogP contribution in [0, 0.1) is 6.92 Å². The molecule has 0 aliphatic carbocycles. The van der Waals surface area contributed by atoms with Gasteiger partial charge in [-0.05, 0) is 24.6 Å². The Morgan fingerprint density at radius 3 is 2.59 bits per heavy atom. The molecule has 0 spiro atoms. The number of rotatable bonds is 3. The van der Waals surface area contributed by atoms with E-state index in [9.17, 15) is 4.79 Å². The van der Waals surface area contributed by atoms with Crippen molar-refractivity contribution in [2.75, 3.05) is 26.2 Å². The molecule has 22 heavy (non-hydrogen) atoms. The molecule has 1 aromatic carbocycles. The molecule has 4 heteroatoms. The number of nitrogens with zero attached hydrogens (tertiary/aromatic N) is 3. The molecular weight excluding hydrogens is 274 g/mol. The van der Waals surface area contributed by atoms with Crippen LogP contribution in [0.15, 0.2) is 48.7 Å². The lowest BCUT2D eigenvalue weighted by molar-refractivity contribution is 0.0623. The summed E-state index contributed by atoms with van der Waals surface area (Å²) in [6, 6.07) is 14.1. The van der Waals surface area contributed by atoms with Gasteiger partial charge in [0.1, 0.15) is 5.69 Å². The molecule has 2 aromatic rings. The van der Waals surface area contributed by atoms with E-state index in [1.807, 2.05) is 17.0 Å². The molecule has 1 aromatic heterocycles. The molecule has 1 fully saturated rings. The predicted octanol–water partition coefficient (Wildman–Crippen LogP) is 2.35. The van der Waals surface area contributed by atoms with Gasteiger partial charge in [-0.1, -0.05) is 35.9 Å². The van der Waals surface area contributed by atoms with Crippen LogP contribution in [-0.4, -0.2) is 46.9 Å². The van der Waals surface area contributed by atoms with Crippen molar-refractivity contribution in [1.82, 2.24) is 14.8 Å². The molecule has 2 heterocycles. The van der Waals surface area contributed by atoms with Crippen molar-refractivity contribution in [2.24, 2.45) is 0 Å². The largest absolute Gasteiger partial charge is 0.335 e. The first-order valence-corrected chi connectivity index (χ1v) is 7.70. The summed E-state index contributed by atoms with van der Waals surface area (Å²) in [5.41, 5.74) is 3.17. The van der Waals surface area contributed by atoms with Crippen molar-refractivity contribution in [1.29, 1.82) is 0 Å². The third-order valence-electron chi connectivity index (χ3n) is 4.03. The van der Waals surface area contributed by atoms with Gasteiger partial charge < -0.3 is 4.90 Å². The molecule has 1 aliphatic rings. The second-order valence-corrected chi connectivity index (χ2v) is 5.77. The zero-order valence-corrected chi connectivity index (χ0v) is 12.9. The first-order chi connectivity index (χ1) is 10.7. The third-order valence-corrected chi connectivity index (χ3v) is 4.03. The average Bonchev–Trinajstić information content (AvgIpc) is 2.56. The summed E-state index contributed by atoms with van der Waals surface area (Å²) in [5.74, 6) is 0.0378. The van der Waals surface area contributed by atoms with Crippen molar-refractivity contribution in [2.45, 2.75) is 13.5 Å². The summed E-state index contributed by atoms with van der Waals surface area (Å²) in [5, 5.41) is 0. The van der Waals surface area contributed by atoms with Gasteiger partial charge >= 0.3 is 0 Å². The average molecular weight is 295 g/mol. The van der Waals surface area contributed by atoms with Crippen LogP contribution < -0.4 is 0 Å². The highest BCUT2D eigenvalue weighted by molar-refractivity contribution is 5.92. The lowest BCUT2D eigenvalue weighted by Gasteiger charge is -2.34. The summed E-state index contributed by atoms with van der Waals surface area (Å²) < 4.78 is 0. The molecule has 1 aliphatic heterocycles. The first-order valence-electron chi connectivity index (χ1n) is 7.70. The Kier molecular flexibility index (Phi) is 4.49. The van der Waals surface area contributed by atoms with Gasteiger partial charge in [-0.25, -0.2) is 0 Å². The summed E-state index contributed by atoms with van der Waals surface area (Å²) in [6.45, 7) is 6.42. The Hall–Kier alpha value is -2.20.